The number of nitrogens with one attached hydrogen (secondary N) is 3. The first-order valence-electron chi connectivity index (χ1n) is 8.67. The Hall–Kier alpha value is -2.63. The highest BCUT2D eigenvalue weighted by molar-refractivity contribution is 6.05. The number of H-pyrrole nitrogens is 1. The van der Waals surface area contributed by atoms with Gasteiger partial charge in [0.05, 0.1) is 5.69 Å². The van der Waals surface area contributed by atoms with E-state index in [0.29, 0.717) is 28.4 Å². The number of benzene rings is 1. The Bertz CT molecular complexity index is 787. The van der Waals surface area contributed by atoms with Crippen molar-refractivity contribution < 1.29 is 4.39 Å². The van der Waals surface area contributed by atoms with Crippen LogP contribution >= 0.6 is 0 Å². The van der Waals surface area contributed by atoms with Crippen LogP contribution in [-0.4, -0.2) is 24.2 Å². The molecule has 5 nitrogen and oxygen atoms in total. The third-order valence-electron chi connectivity index (χ3n) is 4.89. The molecule has 0 amide bonds. The van der Waals surface area contributed by atoms with Gasteiger partial charge in [-0.05, 0) is 43.0 Å². The molecule has 0 saturated heterocycles. The number of aromatic amines is 1. The van der Waals surface area contributed by atoms with Crippen molar-refractivity contribution >= 4 is 17.9 Å². The van der Waals surface area contributed by atoms with Gasteiger partial charge in [-0.3, -0.25) is 5.41 Å². The zero-order chi connectivity index (χ0) is 17.8. The summed E-state index contributed by atoms with van der Waals surface area (Å²) in [5.41, 5.74) is 9.58. The van der Waals surface area contributed by atoms with Crippen LogP contribution in [0.25, 0.3) is 11.1 Å². The Kier molecular flexibility index (Phi) is 5.16. The molecule has 1 aliphatic rings. The van der Waals surface area contributed by atoms with Crippen LogP contribution in [0, 0.1) is 11.2 Å². The first kappa shape index (κ1) is 17.2. The zero-order valence-electron chi connectivity index (χ0n) is 14.4. The average molecular weight is 341 g/mol. The van der Waals surface area contributed by atoms with Crippen molar-refractivity contribution in [1.82, 2.24) is 4.98 Å². The van der Waals surface area contributed by atoms with Crippen LogP contribution < -0.4 is 11.1 Å². The number of anilines is 1. The quantitative estimate of drug-likeness (QED) is 0.484. The molecule has 1 fully saturated rings. The number of halogens is 1. The van der Waals surface area contributed by atoms with Gasteiger partial charge >= 0.3 is 0 Å². The van der Waals surface area contributed by atoms with E-state index in [4.69, 9.17) is 11.1 Å². The first-order chi connectivity index (χ1) is 12.1. The summed E-state index contributed by atoms with van der Waals surface area (Å²) in [6.45, 7) is 0. The molecule has 2 aromatic rings. The number of aliphatic imine (C=N–C) groups is 1. The van der Waals surface area contributed by atoms with Crippen LogP contribution in [0.3, 0.4) is 0 Å². The average Bonchev–Trinajstić information content (AvgIpc) is 3.07. The van der Waals surface area contributed by atoms with Crippen molar-refractivity contribution in [1.29, 1.82) is 5.41 Å². The number of hydrogen-bond acceptors (Lipinski definition) is 2. The molecule has 0 aliphatic heterocycles. The Morgan fingerprint density at radius 1 is 1.28 bits per heavy atom. The van der Waals surface area contributed by atoms with E-state index >= 15 is 0 Å². The SMILES string of the molecule is CNc1ccc(-c2cc(C3CCCCC3)[nH]c2C(N)=NC=N)c(F)c1. The lowest BCUT2D eigenvalue weighted by Crippen LogP contribution is -2.15. The van der Waals surface area contributed by atoms with Crippen molar-refractivity contribution in [2.75, 3.05) is 12.4 Å². The molecule has 0 unspecified atom stereocenters. The van der Waals surface area contributed by atoms with Gasteiger partial charge in [0.1, 0.15) is 18.0 Å². The van der Waals surface area contributed by atoms with Crippen molar-refractivity contribution in [3.8, 4) is 11.1 Å². The Morgan fingerprint density at radius 2 is 2.04 bits per heavy atom. The summed E-state index contributed by atoms with van der Waals surface area (Å²) in [6, 6.07) is 7.04. The van der Waals surface area contributed by atoms with Crippen LogP contribution in [0.2, 0.25) is 0 Å². The van der Waals surface area contributed by atoms with Gasteiger partial charge in [0.2, 0.25) is 0 Å². The van der Waals surface area contributed by atoms with Crippen molar-refractivity contribution in [2.45, 2.75) is 38.0 Å². The fraction of sp³-hybridized carbons (Fsp3) is 0.368. The van der Waals surface area contributed by atoms with Crippen molar-refractivity contribution in [3.63, 3.8) is 0 Å². The lowest BCUT2D eigenvalue weighted by atomic mass is 9.87. The van der Waals surface area contributed by atoms with E-state index < -0.39 is 0 Å². The minimum absolute atomic E-state index is 0.198. The molecule has 5 N–H and O–H groups in total. The summed E-state index contributed by atoms with van der Waals surface area (Å²) < 4.78 is 14.6. The maximum atomic E-state index is 14.6. The molecule has 1 heterocycles. The van der Waals surface area contributed by atoms with E-state index in [1.54, 1.807) is 13.1 Å². The number of nitrogens with zero attached hydrogens (tertiary/aromatic N) is 1. The van der Waals surface area contributed by atoms with Crippen LogP contribution in [-0.2, 0) is 0 Å². The second-order valence-corrected chi connectivity index (χ2v) is 6.44. The normalized spacial score (nSPS) is 16.0. The van der Waals surface area contributed by atoms with Gasteiger partial charge in [0.15, 0.2) is 0 Å². The topological polar surface area (TPSA) is 90.1 Å². The lowest BCUT2D eigenvalue weighted by Gasteiger charge is -2.20. The second-order valence-electron chi connectivity index (χ2n) is 6.44. The molecule has 1 aromatic carbocycles. The summed E-state index contributed by atoms with van der Waals surface area (Å²) in [6.07, 6.45) is 6.85. The number of amidine groups is 1. The number of aromatic nitrogens is 1. The van der Waals surface area contributed by atoms with E-state index in [1.807, 2.05) is 12.1 Å². The third-order valence-corrected chi connectivity index (χ3v) is 4.89. The minimum Gasteiger partial charge on any atom is -0.388 e. The Labute approximate surface area is 147 Å². The van der Waals surface area contributed by atoms with Crippen LogP contribution in [0.1, 0.15) is 49.4 Å². The van der Waals surface area contributed by atoms with Gasteiger partial charge in [-0.15, -0.1) is 0 Å². The van der Waals surface area contributed by atoms with Gasteiger partial charge in [-0.25, -0.2) is 9.38 Å². The Balaban J connectivity index is 2.08. The largest absolute Gasteiger partial charge is 0.388 e. The molecule has 1 saturated carbocycles. The van der Waals surface area contributed by atoms with E-state index in [0.717, 1.165) is 24.9 Å². The standard InChI is InChI=1S/C19H24FN5/c1-23-13-7-8-14(16(20)9-13)15-10-17(12-5-3-2-4-6-12)25-18(15)19(22)24-11-21/h7-12,23,25H,2-6H2,1H3,(H3,21,22,24). The van der Waals surface area contributed by atoms with E-state index in [2.05, 4.69) is 15.3 Å². The molecule has 1 aromatic heterocycles. The smallest absolute Gasteiger partial charge is 0.149 e. The number of rotatable bonds is 5. The Morgan fingerprint density at radius 3 is 2.68 bits per heavy atom. The second kappa shape index (κ2) is 7.51. The summed E-state index contributed by atoms with van der Waals surface area (Å²) in [5, 5.41) is 10.1. The summed E-state index contributed by atoms with van der Waals surface area (Å²) in [4.78, 5) is 7.22. The third kappa shape index (κ3) is 3.57. The highest BCUT2D eigenvalue weighted by Gasteiger charge is 2.22. The van der Waals surface area contributed by atoms with Gasteiger partial charge in [-0.1, -0.05) is 19.3 Å². The predicted octanol–water partition coefficient (Wildman–Crippen LogP) is 4.22. The summed E-state index contributed by atoms with van der Waals surface area (Å²) >= 11 is 0. The lowest BCUT2D eigenvalue weighted by molar-refractivity contribution is 0.438. The molecule has 6 heteroatoms. The molecular formula is C19H24FN5. The maximum Gasteiger partial charge on any atom is 0.149 e. The van der Waals surface area contributed by atoms with E-state index in [9.17, 15) is 4.39 Å². The van der Waals surface area contributed by atoms with Crippen molar-refractivity contribution in [3.05, 3.63) is 41.5 Å². The molecular weight excluding hydrogens is 317 g/mol. The van der Waals surface area contributed by atoms with Crippen molar-refractivity contribution in [2.24, 2.45) is 10.7 Å². The maximum absolute atomic E-state index is 14.6. The molecule has 132 valence electrons. The fourth-order valence-corrected chi connectivity index (χ4v) is 3.55. The predicted molar refractivity (Wildman–Crippen MR) is 101 cm³/mol. The molecule has 3 rings (SSSR count). The summed E-state index contributed by atoms with van der Waals surface area (Å²) in [7, 11) is 1.76. The van der Waals surface area contributed by atoms with E-state index in [1.165, 1.54) is 25.3 Å². The van der Waals surface area contributed by atoms with Crippen LogP contribution in [0.5, 0.6) is 0 Å². The fourth-order valence-electron chi connectivity index (χ4n) is 3.55. The highest BCUT2D eigenvalue weighted by atomic mass is 19.1. The molecule has 0 bridgehead atoms. The zero-order valence-corrected chi connectivity index (χ0v) is 14.4. The molecule has 1 aliphatic carbocycles. The monoisotopic (exact) mass is 341 g/mol. The number of nitrogens with two attached hydrogens (primary N) is 1. The highest BCUT2D eigenvalue weighted by Crippen LogP contribution is 2.36. The van der Waals surface area contributed by atoms with Gasteiger partial charge in [0.25, 0.3) is 0 Å². The summed E-state index contributed by atoms with van der Waals surface area (Å²) in [5.74, 6) is 0.322. The van der Waals surface area contributed by atoms with Gasteiger partial charge in [-0.2, -0.15) is 0 Å². The van der Waals surface area contributed by atoms with Crippen LogP contribution in [0.15, 0.2) is 29.3 Å². The van der Waals surface area contributed by atoms with Gasteiger partial charge in [0, 0.05) is 29.6 Å². The van der Waals surface area contributed by atoms with Gasteiger partial charge < -0.3 is 16.0 Å². The van der Waals surface area contributed by atoms with Crippen LogP contribution in [0.4, 0.5) is 10.1 Å². The molecule has 0 atom stereocenters. The van der Waals surface area contributed by atoms with E-state index in [-0.39, 0.29) is 11.7 Å². The molecule has 0 spiro atoms. The first-order valence-corrected chi connectivity index (χ1v) is 8.67. The molecule has 0 radical (unpaired) electrons. The number of hydrogen-bond donors (Lipinski definition) is 4. The minimum atomic E-state index is -0.315. The molecule has 25 heavy (non-hydrogen) atoms.